The fourth-order valence-corrected chi connectivity index (χ4v) is 6.31. The Hall–Kier alpha value is -2.33. The molecular weight excluding hydrogens is 408 g/mol. The van der Waals surface area contributed by atoms with Gasteiger partial charge in [0.05, 0.1) is 7.11 Å². The molecule has 2 aromatic carbocycles. The monoisotopic (exact) mass is 446 g/mol. The third kappa shape index (κ3) is 4.82. The van der Waals surface area contributed by atoms with E-state index in [0.717, 1.165) is 44.5 Å². The van der Waals surface area contributed by atoms with Crippen LogP contribution in [-0.4, -0.2) is 37.0 Å². The molecule has 2 heterocycles. The third-order valence-corrected chi connectivity index (χ3v) is 8.11. The van der Waals surface area contributed by atoms with E-state index in [0.29, 0.717) is 11.9 Å². The van der Waals surface area contributed by atoms with Crippen molar-refractivity contribution in [3.63, 3.8) is 0 Å². The number of rotatable bonds is 5. The molecule has 2 aliphatic heterocycles. The maximum absolute atomic E-state index is 13.9. The van der Waals surface area contributed by atoms with Crippen molar-refractivity contribution >= 4 is 11.6 Å². The Morgan fingerprint density at radius 2 is 1.67 bits per heavy atom. The van der Waals surface area contributed by atoms with Crippen molar-refractivity contribution in [3.8, 4) is 5.75 Å². The lowest BCUT2D eigenvalue weighted by atomic mass is 9.86. The number of carbonyl (C=O) groups excluding carboxylic acids is 1. The number of amides is 1. The molecule has 0 bridgehead atoms. The van der Waals surface area contributed by atoms with E-state index in [9.17, 15) is 4.79 Å². The Kier molecular flexibility index (Phi) is 7.01. The van der Waals surface area contributed by atoms with Crippen molar-refractivity contribution < 1.29 is 9.53 Å². The van der Waals surface area contributed by atoms with Gasteiger partial charge in [0.1, 0.15) is 5.75 Å². The molecule has 2 unspecified atom stereocenters. The molecule has 4 nitrogen and oxygen atoms in total. The number of hydrogen-bond acceptors (Lipinski definition) is 3. The molecule has 3 aliphatic rings. The first kappa shape index (κ1) is 22.5. The summed E-state index contributed by atoms with van der Waals surface area (Å²) in [5.41, 5.74) is 3.88. The Morgan fingerprint density at radius 3 is 2.45 bits per heavy atom. The number of hydrogen-bond donors (Lipinski definition) is 0. The fraction of sp³-hybridized carbons (Fsp3) is 0.552. The minimum absolute atomic E-state index is 0.200. The lowest BCUT2D eigenvalue weighted by Crippen LogP contribution is -2.52. The second-order valence-corrected chi connectivity index (χ2v) is 10.1. The maximum atomic E-state index is 13.9. The first-order valence-corrected chi connectivity index (χ1v) is 13.0. The van der Waals surface area contributed by atoms with Gasteiger partial charge in [0.25, 0.3) is 0 Å². The second kappa shape index (κ2) is 10.3. The highest BCUT2D eigenvalue weighted by Crippen LogP contribution is 2.38. The predicted octanol–water partition coefficient (Wildman–Crippen LogP) is 6.15. The molecule has 0 spiro atoms. The van der Waals surface area contributed by atoms with Gasteiger partial charge in [-0.15, -0.1) is 0 Å². The van der Waals surface area contributed by atoms with Crippen LogP contribution in [-0.2, 0) is 11.2 Å². The molecule has 0 radical (unpaired) electrons. The first-order chi connectivity index (χ1) is 16.2. The Balaban J connectivity index is 1.40. The summed E-state index contributed by atoms with van der Waals surface area (Å²) in [5.74, 6) is 1.49. The summed E-state index contributed by atoms with van der Waals surface area (Å²) in [6, 6.07) is 17.9. The molecule has 176 valence electrons. The van der Waals surface area contributed by atoms with Crippen LogP contribution in [0.25, 0.3) is 0 Å². The van der Waals surface area contributed by atoms with E-state index in [4.69, 9.17) is 4.74 Å². The summed E-state index contributed by atoms with van der Waals surface area (Å²) < 4.78 is 5.38. The molecule has 1 saturated carbocycles. The van der Waals surface area contributed by atoms with Crippen molar-refractivity contribution in [2.75, 3.05) is 25.1 Å². The van der Waals surface area contributed by atoms with Crippen LogP contribution >= 0.6 is 0 Å². The minimum Gasteiger partial charge on any atom is -0.497 e. The van der Waals surface area contributed by atoms with Crippen LogP contribution in [0.2, 0.25) is 0 Å². The highest BCUT2D eigenvalue weighted by atomic mass is 16.5. The molecule has 2 atom stereocenters. The number of fused-ring (bicyclic) bond motifs is 1. The van der Waals surface area contributed by atoms with Crippen molar-refractivity contribution in [2.45, 2.75) is 76.3 Å². The van der Waals surface area contributed by atoms with Crippen molar-refractivity contribution in [2.24, 2.45) is 5.92 Å². The molecule has 1 amide bonds. The number of anilines is 1. The molecule has 33 heavy (non-hydrogen) atoms. The summed E-state index contributed by atoms with van der Waals surface area (Å²) >= 11 is 0. The van der Waals surface area contributed by atoms with Crippen LogP contribution in [0.5, 0.6) is 5.75 Å². The van der Waals surface area contributed by atoms with Gasteiger partial charge >= 0.3 is 0 Å². The second-order valence-electron chi connectivity index (χ2n) is 10.1. The van der Waals surface area contributed by atoms with Gasteiger partial charge in [0.2, 0.25) is 5.91 Å². The Labute approximate surface area is 198 Å². The van der Waals surface area contributed by atoms with Crippen LogP contribution in [0.15, 0.2) is 48.5 Å². The van der Waals surface area contributed by atoms with E-state index in [1.165, 1.54) is 55.3 Å². The SMILES string of the molecule is COc1ccc(C2CCCCN2CC2CCc3ccccc3N2C(=O)C2CCCCC2)cc1. The topological polar surface area (TPSA) is 32.8 Å². The largest absolute Gasteiger partial charge is 0.497 e. The number of carbonyl (C=O) groups is 1. The standard InChI is InChI=1S/C29H38N2O2/c1-33-26-18-15-23(16-19-26)27-12-7-8-20-30(27)21-25-17-14-22-9-5-6-13-28(22)31(25)29(32)24-10-3-2-4-11-24/h5-6,9,13,15-16,18-19,24-25,27H,2-4,7-8,10-12,14,17,20-21H2,1H3. The molecular formula is C29H38N2O2. The zero-order chi connectivity index (χ0) is 22.6. The van der Waals surface area contributed by atoms with Gasteiger partial charge < -0.3 is 9.64 Å². The maximum Gasteiger partial charge on any atom is 0.230 e. The average molecular weight is 447 g/mol. The number of ether oxygens (including phenoxy) is 1. The lowest BCUT2D eigenvalue weighted by molar-refractivity contribution is -0.124. The molecule has 2 fully saturated rings. The molecule has 4 heteroatoms. The van der Waals surface area contributed by atoms with E-state index in [2.05, 4.69) is 58.3 Å². The van der Waals surface area contributed by atoms with E-state index in [-0.39, 0.29) is 12.0 Å². The summed E-state index contributed by atoms with van der Waals surface area (Å²) in [6.45, 7) is 2.07. The number of para-hydroxylation sites is 1. The minimum atomic E-state index is 0.200. The summed E-state index contributed by atoms with van der Waals surface area (Å²) in [5, 5.41) is 0. The molecule has 1 saturated heterocycles. The average Bonchev–Trinajstić information content (AvgIpc) is 2.89. The van der Waals surface area contributed by atoms with Crippen molar-refractivity contribution in [1.82, 2.24) is 4.90 Å². The number of aryl methyl sites for hydroxylation is 1. The van der Waals surface area contributed by atoms with Crippen LogP contribution in [0.3, 0.4) is 0 Å². The van der Waals surface area contributed by atoms with Gasteiger partial charge in [-0.3, -0.25) is 9.69 Å². The number of likely N-dealkylation sites (tertiary alicyclic amines) is 1. The van der Waals surface area contributed by atoms with Crippen molar-refractivity contribution in [1.29, 1.82) is 0 Å². The molecule has 0 N–H and O–H groups in total. The zero-order valence-electron chi connectivity index (χ0n) is 20.0. The third-order valence-electron chi connectivity index (χ3n) is 8.11. The molecule has 2 aromatic rings. The van der Waals surface area contributed by atoms with Gasteiger partial charge in [-0.2, -0.15) is 0 Å². The van der Waals surface area contributed by atoms with Gasteiger partial charge in [-0.05, 0) is 74.4 Å². The van der Waals surface area contributed by atoms with Crippen LogP contribution in [0, 0.1) is 5.92 Å². The quantitative estimate of drug-likeness (QED) is 0.552. The normalized spacial score (nSPS) is 24.3. The Bertz CT molecular complexity index is 935. The number of benzene rings is 2. The van der Waals surface area contributed by atoms with E-state index in [1.807, 2.05) is 0 Å². The van der Waals surface area contributed by atoms with Crippen molar-refractivity contribution in [3.05, 3.63) is 59.7 Å². The highest BCUT2D eigenvalue weighted by Gasteiger charge is 2.37. The van der Waals surface area contributed by atoms with Gasteiger partial charge in [-0.1, -0.05) is 56.0 Å². The van der Waals surface area contributed by atoms with Gasteiger partial charge in [0, 0.05) is 30.2 Å². The number of methoxy groups -OCH3 is 1. The smallest absolute Gasteiger partial charge is 0.230 e. The predicted molar refractivity (Wildman–Crippen MR) is 134 cm³/mol. The summed E-state index contributed by atoms with van der Waals surface area (Å²) in [6.07, 6.45) is 11.6. The Morgan fingerprint density at radius 1 is 0.909 bits per heavy atom. The number of nitrogens with zero attached hydrogens (tertiary/aromatic N) is 2. The highest BCUT2D eigenvalue weighted by molar-refractivity contribution is 5.97. The molecule has 0 aromatic heterocycles. The molecule has 1 aliphatic carbocycles. The first-order valence-electron chi connectivity index (χ1n) is 13.0. The lowest BCUT2D eigenvalue weighted by Gasteiger charge is -2.44. The zero-order valence-corrected chi connectivity index (χ0v) is 20.0. The van der Waals surface area contributed by atoms with Crippen LogP contribution < -0.4 is 9.64 Å². The van der Waals surface area contributed by atoms with E-state index < -0.39 is 0 Å². The van der Waals surface area contributed by atoms with Gasteiger partial charge in [-0.25, -0.2) is 0 Å². The fourth-order valence-electron chi connectivity index (χ4n) is 6.31. The molecule has 5 rings (SSSR count). The van der Waals surface area contributed by atoms with Gasteiger partial charge in [0.15, 0.2) is 0 Å². The summed E-state index contributed by atoms with van der Waals surface area (Å²) in [7, 11) is 1.72. The van der Waals surface area contributed by atoms with E-state index >= 15 is 0 Å². The van der Waals surface area contributed by atoms with E-state index in [1.54, 1.807) is 7.11 Å². The van der Waals surface area contributed by atoms with Crippen LogP contribution in [0.1, 0.15) is 75.0 Å². The number of piperidine rings is 1. The van der Waals surface area contributed by atoms with Crippen LogP contribution in [0.4, 0.5) is 5.69 Å². The summed E-state index contributed by atoms with van der Waals surface area (Å²) in [4.78, 5) is 18.8.